The van der Waals surface area contributed by atoms with Crippen LogP contribution in [0, 0.1) is 0 Å². The van der Waals surface area contributed by atoms with Crippen LogP contribution in [-0.4, -0.2) is 70.4 Å². The summed E-state index contributed by atoms with van der Waals surface area (Å²) in [5, 5.41) is 0.281. The summed E-state index contributed by atoms with van der Waals surface area (Å²) in [6, 6.07) is 0. The van der Waals surface area contributed by atoms with E-state index in [1.165, 1.54) is 32.4 Å². The van der Waals surface area contributed by atoms with E-state index in [9.17, 15) is 0 Å². The van der Waals surface area contributed by atoms with Gasteiger partial charge in [-0.3, -0.25) is 0 Å². The second-order valence-corrected chi connectivity index (χ2v) is 6.77. The normalized spacial score (nSPS) is 20.0. The largest absolute Gasteiger partial charge is 0.378 e. The van der Waals surface area contributed by atoms with Crippen LogP contribution in [0.25, 0.3) is 11.2 Å². The highest BCUT2D eigenvalue weighted by Crippen LogP contribution is 2.25. The monoisotopic (exact) mass is 350 g/mol. The van der Waals surface area contributed by atoms with Crippen molar-refractivity contribution in [3.63, 3.8) is 0 Å². The third-order valence-corrected chi connectivity index (χ3v) is 5.00. The van der Waals surface area contributed by atoms with E-state index in [0.717, 1.165) is 43.2 Å². The minimum atomic E-state index is 0.281. The number of ether oxygens (including phenoxy) is 1. The average Bonchev–Trinajstić information content (AvgIpc) is 3.03. The molecule has 0 amide bonds. The summed E-state index contributed by atoms with van der Waals surface area (Å²) in [6.07, 6.45) is 5.83. The summed E-state index contributed by atoms with van der Waals surface area (Å²) in [5.41, 5.74) is 1.66. The predicted octanol–water partition coefficient (Wildman–Crippen LogP) is 1.80. The summed E-state index contributed by atoms with van der Waals surface area (Å²) < 4.78 is 7.52. The van der Waals surface area contributed by atoms with Gasteiger partial charge in [-0.05, 0) is 37.5 Å². The molecule has 130 valence electrons. The van der Waals surface area contributed by atoms with E-state index in [4.69, 9.17) is 16.3 Å². The van der Waals surface area contributed by atoms with Crippen LogP contribution in [0.1, 0.15) is 19.3 Å². The van der Waals surface area contributed by atoms with E-state index in [1.807, 2.05) is 6.33 Å². The van der Waals surface area contributed by atoms with Crippen LogP contribution < -0.4 is 4.90 Å². The van der Waals surface area contributed by atoms with Gasteiger partial charge < -0.3 is 19.1 Å². The van der Waals surface area contributed by atoms with E-state index in [1.54, 1.807) is 0 Å². The molecule has 0 radical (unpaired) electrons. The molecule has 0 N–H and O–H groups in total. The van der Waals surface area contributed by atoms with E-state index < -0.39 is 0 Å². The van der Waals surface area contributed by atoms with Gasteiger partial charge in [-0.15, -0.1) is 0 Å². The Labute approximate surface area is 146 Å². The number of halogens is 1. The molecule has 24 heavy (non-hydrogen) atoms. The molecule has 0 bridgehead atoms. The molecular formula is C16H23ClN6O. The van der Waals surface area contributed by atoms with Crippen LogP contribution in [0.4, 0.5) is 5.82 Å². The fraction of sp³-hybridized carbons (Fsp3) is 0.688. The van der Waals surface area contributed by atoms with Crippen molar-refractivity contribution in [2.75, 3.05) is 50.8 Å². The molecule has 0 saturated carbocycles. The molecule has 2 aliphatic heterocycles. The fourth-order valence-electron chi connectivity index (χ4n) is 3.49. The quantitative estimate of drug-likeness (QED) is 0.784. The van der Waals surface area contributed by atoms with E-state index in [-0.39, 0.29) is 5.28 Å². The Hall–Kier alpha value is -1.44. The lowest BCUT2D eigenvalue weighted by Gasteiger charge is -2.28. The molecule has 0 spiro atoms. The molecule has 4 heterocycles. The summed E-state index contributed by atoms with van der Waals surface area (Å²) in [6.45, 7) is 7.33. The van der Waals surface area contributed by atoms with Gasteiger partial charge in [0.25, 0.3) is 0 Å². The van der Waals surface area contributed by atoms with Crippen LogP contribution in [0.5, 0.6) is 0 Å². The second kappa shape index (κ2) is 7.21. The molecule has 8 heteroatoms. The fourth-order valence-corrected chi connectivity index (χ4v) is 3.66. The molecule has 7 nitrogen and oxygen atoms in total. The molecular weight excluding hydrogens is 328 g/mol. The number of imidazole rings is 1. The SMILES string of the molecule is Clc1nc(N2CCOCC2)c2ncn(CCN3CCCCC3)c2n1. The molecule has 4 rings (SSSR count). The minimum Gasteiger partial charge on any atom is -0.378 e. The van der Waals surface area contributed by atoms with E-state index in [2.05, 4.69) is 29.3 Å². The number of morpholine rings is 1. The van der Waals surface area contributed by atoms with Gasteiger partial charge in [-0.2, -0.15) is 9.97 Å². The number of fused-ring (bicyclic) bond motifs is 1. The smallest absolute Gasteiger partial charge is 0.226 e. The number of likely N-dealkylation sites (tertiary alicyclic amines) is 1. The van der Waals surface area contributed by atoms with Crippen LogP contribution in [0.3, 0.4) is 0 Å². The Balaban J connectivity index is 1.57. The Morgan fingerprint density at radius 3 is 2.58 bits per heavy atom. The zero-order valence-corrected chi connectivity index (χ0v) is 14.6. The van der Waals surface area contributed by atoms with Crippen molar-refractivity contribution in [1.82, 2.24) is 24.4 Å². The van der Waals surface area contributed by atoms with Crippen LogP contribution in [0.2, 0.25) is 5.28 Å². The van der Waals surface area contributed by atoms with E-state index in [0.29, 0.717) is 13.2 Å². The van der Waals surface area contributed by atoms with Crippen molar-refractivity contribution >= 4 is 28.6 Å². The first kappa shape index (κ1) is 16.1. The van der Waals surface area contributed by atoms with Crippen molar-refractivity contribution in [2.45, 2.75) is 25.8 Å². The van der Waals surface area contributed by atoms with Gasteiger partial charge in [0.15, 0.2) is 17.0 Å². The maximum atomic E-state index is 6.19. The lowest BCUT2D eigenvalue weighted by Crippen LogP contribution is -2.37. The Kier molecular flexibility index (Phi) is 4.82. The second-order valence-electron chi connectivity index (χ2n) is 6.43. The molecule has 2 aromatic rings. The standard InChI is InChI=1S/C16H23ClN6O/c17-16-19-14(22-8-10-24-11-9-22)13-15(20-16)23(12-18-13)7-6-21-4-2-1-3-5-21/h12H,1-11H2. The van der Waals surface area contributed by atoms with Gasteiger partial charge >= 0.3 is 0 Å². The van der Waals surface area contributed by atoms with Gasteiger partial charge in [0, 0.05) is 26.2 Å². The number of hydrogen-bond acceptors (Lipinski definition) is 6. The van der Waals surface area contributed by atoms with Crippen LogP contribution >= 0.6 is 11.6 Å². The maximum Gasteiger partial charge on any atom is 0.226 e. The highest BCUT2D eigenvalue weighted by molar-refractivity contribution is 6.28. The third kappa shape index (κ3) is 3.34. The number of rotatable bonds is 4. The van der Waals surface area contributed by atoms with E-state index >= 15 is 0 Å². The van der Waals surface area contributed by atoms with Crippen molar-refractivity contribution in [3.8, 4) is 0 Å². The van der Waals surface area contributed by atoms with Crippen molar-refractivity contribution in [3.05, 3.63) is 11.6 Å². The van der Waals surface area contributed by atoms with Crippen molar-refractivity contribution < 1.29 is 4.74 Å². The van der Waals surface area contributed by atoms with Crippen molar-refractivity contribution in [2.24, 2.45) is 0 Å². The molecule has 2 fully saturated rings. The summed E-state index contributed by atoms with van der Waals surface area (Å²) >= 11 is 6.19. The lowest BCUT2D eigenvalue weighted by atomic mass is 10.1. The number of aromatic nitrogens is 4. The molecule has 2 aliphatic rings. The zero-order valence-electron chi connectivity index (χ0n) is 13.8. The van der Waals surface area contributed by atoms with Gasteiger partial charge in [0.2, 0.25) is 5.28 Å². The van der Waals surface area contributed by atoms with Gasteiger partial charge in [-0.1, -0.05) is 6.42 Å². The van der Waals surface area contributed by atoms with Crippen LogP contribution in [-0.2, 0) is 11.3 Å². The first-order valence-corrected chi connectivity index (χ1v) is 9.12. The maximum absolute atomic E-state index is 6.19. The molecule has 0 unspecified atom stereocenters. The molecule has 2 saturated heterocycles. The number of piperidine rings is 1. The average molecular weight is 351 g/mol. The summed E-state index contributed by atoms with van der Waals surface area (Å²) in [5.74, 6) is 0.824. The van der Waals surface area contributed by atoms with Gasteiger partial charge in [0.1, 0.15) is 0 Å². The third-order valence-electron chi connectivity index (χ3n) is 4.83. The lowest BCUT2D eigenvalue weighted by molar-refractivity contribution is 0.122. The summed E-state index contributed by atoms with van der Waals surface area (Å²) in [7, 11) is 0. The Morgan fingerprint density at radius 1 is 1.00 bits per heavy atom. The highest BCUT2D eigenvalue weighted by Gasteiger charge is 2.20. The number of hydrogen-bond donors (Lipinski definition) is 0. The minimum absolute atomic E-state index is 0.281. The Bertz CT molecular complexity index is 693. The molecule has 0 aromatic carbocycles. The highest BCUT2D eigenvalue weighted by atomic mass is 35.5. The Morgan fingerprint density at radius 2 is 1.79 bits per heavy atom. The zero-order chi connectivity index (χ0) is 16.4. The first-order chi connectivity index (χ1) is 11.8. The molecule has 0 aliphatic carbocycles. The van der Waals surface area contributed by atoms with Gasteiger partial charge in [-0.25, -0.2) is 4.98 Å². The number of anilines is 1. The first-order valence-electron chi connectivity index (χ1n) is 8.75. The molecule has 2 aromatic heterocycles. The number of nitrogens with zero attached hydrogens (tertiary/aromatic N) is 6. The molecule has 0 atom stereocenters. The van der Waals surface area contributed by atoms with Gasteiger partial charge in [0.05, 0.1) is 19.5 Å². The topological polar surface area (TPSA) is 59.3 Å². The summed E-state index contributed by atoms with van der Waals surface area (Å²) in [4.78, 5) is 18.1. The van der Waals surface area contributed by atoms with Crippen molar-refractivity contribution in [1.29, 1.82) is 0 Å². The predicted molar refractivity (Wildman–Crippen MR) is 93.7 cm³/mol. The van der Waals surface area contributed by atoms with Crippen LogP contribution in [0.15, 0.2) is 6.33 Å².